The number of ether oxygens (including phenoxy) is 3. The minimum atomic E-state index is -0.796. The van der Waals surface area contributed by atoms with Gasteiger partial charge in [0.1, 0.15) is 13.2 Å². The zero-order valence-electron chi connectivity index (χ0n) is 48.4. The lowest BCUT2D eigenvalue weighted by Gasteiger charge is -2.18. The van der Waals surface area contributed by atoms with Gasteiger partial charge in [0.25, 0.3) is 0 Å². The summed E-state index contributed by atoms with van der Waals surface area (Å²) >= 11 is 0. The monoisotopic (exact) mass is 1020 g/mol. The van der Waals surface area contributed by atoms with Gasteiger partial charge in [0.05, 0.1) is 0 Å². The van der Waals surface area contributed by atoms with E-state index in [2.05, 4.69) is 93.7 Å². The summed E-state index contributed by atoms with van der Waals surface area (Å²) in [5.41, 5.74) is 0. The van der Waals surface area contributed by atoms with Gasteiger partial charge in [0.15, 0.2) is 6.10 Å². The molecule has 0 bridgehead atoms. The van der Waals surface area contributed by atoms with Crippen LogP contribution in [0.5, 0.6) is 0 Å². The summed E-state index contributed by atoms with van der Waals surface area (Å²) in [7, 11) is 0. The van der Waals surface area contributed by atoms with Gasteiger partial charge < -0.3 is 14.2 Å². The van der Waals surface area contributed by atoms with E-state index in [1.807, 2.05) is 0 Å². The van der Waals surface area contributed by atoms with Gasteiger partial charge in [-0.15, -0.1) is 0 Å². The molecule has 0 N–H and O–H groups in total. The summed E-state index contributed by atoms with van der Waals surface area (Å²) in [4.78, 5) is 38.2. The SMILES string of the molecule is CC/C=C\C/C=C\C/C=C\C/C=C\C/C=C\CCCCCC(=O)OC(COC(=O)CCCCCCC/C=C\CCCCCC)COC(=O)CCCCCCCCCCCCCCCCCCCCCCCCC. The number of rotatable bonds is 57. The van der Waals surface area contributed by atoms with Crippen molar-refractivity contribution in [2.75, 3.05) is 13.2 Å². The van der Waals surface area contributed by atoms with E-state index in [0.717, 1.165) is 103 Å². The molecule has 0 saturated heterocycles. The van der Waals surface area contributed by atoms with Crippen molar-refractivity contribution >= 4 is 17.9 Å². The lowest BCUT2D eigenvalue weighted by atomic mass is 10.0. The molecule has 1 unspecified atom stereocenters. The Kier molecular flexibility index (Phi) is 58.7. The molecular weight excluding hydrogens is 901 g/mol. The minimum absolute atomic E-state index is 0.0888. The molecule has 73 heavy (non-hydrogen) atoms. The number of carbonyl (C=O) groups is 3. The first-order chi connectivity index (χ1) is 36.0. The number of hydrogen-bond acceptors (Lipinski definition) is 6. The second-order valence-electron chi connectivity index (χ2n) is 20.9. The molecule has 0 aromatic heterocycles. The Morgan fingerprint density at radius 3 is 0.877 bits per heavy atom. The lowest BCUT2D eigenvalue weighted by molar-refractivity contribution is -0.167. The minimum Gasteiger partial charge on any atom is -0.462 e. The van der Waals surface area contributed by atoms with E-state index >= 15 is 0 Å². The summed E-state index contributed by atoms with van der Waals surface area (Å²) in [6.45, 7) is 6.52. The Hall–Kier alpha value is -3.15. The Morgan fingerprint density at radius 2 is 0.534 bits per heavy atom. The summed E-state index contributed by atoms with van der Waals surface area (Å²) in [5.74, 6) is -0.917. The van der Waals surface area contributed by atoms with Crippen molar-refractivity contribution in [3.63, 3.8) is 0 Å². The van der Waals surface area contributed by atoms with Gasteiger partial charge in [-0.25, -0.2) is 0 Å². The van der Waals surface area contributed by atoms with Crippen LogP contribution in [0.15, 0.2) is 72.9 Å². The standard InChI is InChI=1S/C67H118O6/c1-4-7-10-13-16-19-22-25-27-29-31-32-33-34-36-37-39-42-45-48-51-54-57-60-66(69)72-63-64(62-71-65(68)59-56-53-50-47-44-41-24-21-18-15-12-9-6-3)73-67(70)61-58-55-52-49-46-43-40-38-35-30-28-26-23-20-17-14-11-8-5-2/h8,11,17,20-21,24,26,28,35,38,43,46,64H,4-7,9-10,12-16,18-19,22-23,25,27,29-34,36-37,39-42,44-45,47-63H2,1-3H3/b11-8-,20-17-,24-21-,28-26-,38-35-,46-43-. The fourth-order valence-corrected chi connectivity index (χ4v) is 9.00. The van der Waals surface area contributed by atoms with Gasteiger partial charge in [-0.3, -0.25) is 14.4 Å². The van der Waals surface area contributed by atoms with Crippen molar-refractivity contribution in [1.82, 2.24) is 0 Å². The van der Waals surface area contributed by atoms with Crippen LogP contribution in [0.1, 0.15) is 316 Å². The van der Waals surface area contributed by atoms with Gasteiger partial charge in [-0.2, -0.15) is 0 Å². The molecule has 0 spiro atoms. The van der Waals surface area contributed by atoms with Crippen LogP contribution < -0.4 is 0 Å². The fraction of sp³-hybridized carbons (Fsp3) is 0.776. The Bertz CT molecular complexity index is 1360. The average molecular weight is 1020 g/mol. The zero-order valence-corrected chi connectivity index (χ0v) is 48.4. The zero-order chi connectivity index (χ0) is 52.9. The van der Waals surface area contributed by atoms with Crippen molar-refractivity contribution in [3.8, 4) is 0 Å². The maximum absolute atomic E-state index is 12.9. The van der Waals surface area contributed by atoms with Crippen molar-refractivity contribution < 1.29 is 28.6 Å². The first-order valence-corrected chi connectivity index (χ1v) is 31.4. The van der Waals surface area contributed by atoms with Crippen LogP contribution in [0.25, 0.3) is 0 Å². The third-order valence-corrected chi connectivity index (χ3v) is 13.7. The van der Waals surface area contributed by atoms with Crippen LogP contribution in [0.4, 0.5) is 0 Å². The smallest absolute Gasteiger partial charge is 0.306 e. The van der Waals surface area contributed by atoms with E-state index in [1.54, 1.807) is 0 Å². The lowest BCUT2D eigenvalue weighted by Crippen LogP contribution is -2.30. The normalized spacial score (nSPS) is 12.5. The summed E-state index contributed by atoms with van der Waals surface area (Å²) in [6.07, 6.45) is 79.1. The second kappa shape index (κ2) is 61.4. The Balaban J connectivity index is 4.35. The van der Waals surface area contributed by atoms with Crippen LogP contribution in [-0.2, 0) is 28.6 Å². The molecule has 0 aromatic carbocycles. The van der Waals surface area contributed by atoms with Crippen molar-refractivity contribution in [2.45, 2.75) is 322 Å². The second-order valence-corrected chi connectivity index (χ2v) is 20.9. The molecule has 0 aliphatic heterocycles. The molecule has 0 rings (SSSR count). The number of carbonyl (C=O) groups excluding carboxylic acids is 3. The van der Waals surface area contributed by atoms with Crippen LogP contribution in [0.2, 0.25) is 0 Å². The first-order valence-electron chi connectivity index (χ1n) is 31.4. The van der Waals surface area contributed by atoms with Crippen LogP contribution in [0.3, 0.4) is 0 Å². The maximum atomic E-state index is 12.9. The highest BCUT2D eigenvalue weighted by Crippen LogP contribution is 2.17. The van der Waals surface area contributed by atoms with Crippen molar-refractivity contribution in [1.29, 1.82) is 0 Å². The molecule has 1 atom stereocenters. The summed E-state index contributed by atoms with van der Waals surface area (Å²) in [6, 6.07) is 0. The van der Waals surface area contributed by atoms with Gasteiger partial charge >= 0.3 is 17.9 Å². The molecule has 0 aliphatic carbocycles. The van der Waals surface area contributed by atoms with Gasteiger partial charge in [-0.05, 0) is 89.9 Å². The topological polar surface area (TPSA) is 78.9 Å². The predicted molar refractivity (Wildman–Crippen MR) is 316 cm³/mol. The first kappa shape index (κ1) is 69.8. The van der Waals surface area contributed by atoms with Crippen LogP contribution in [0, 0.1) is 0 Å². The molecule has 0 saturated carbocycles. The molecule has 422 valence electrons. The number of allylic oxidation sites excluding steroid dienone is 12. The van der Waals surface area contributed by atoms with E-state index in [9.17, 15) is 14.4 Å². The van der Waals surface area contributed by atoms with Crippen molar-refractivity contribution in [3.05, 3.63) is 72.9 Å². The largest absolute Gasteiger partial charge is 0.462 e. The molecule has 0 fully saturated rings. The van der Waals surface area contributed by atoms with E-state index in [-0.39, 0.29) is 37.5 Å². The third kappa shape index (κ3) is 59.6. The van der Waals surface area contributed by atoms with E-state index in [4.69, 9.17) is 14.2 Å². The Morgan fingerprint density at radius 1 is 0.288 bits per heavy atom. The molecule has 0 amide bonds. The predicted octanol–water partition coefficient (Wildman–Crippen LogP) is 21.3. The molecule has 6 heteroatoms. The van der Waals surface area contributed by atoms with E-state index < -0.39 is 6.10 Å². The van der Waals surface area contributed by atoms with Gasteiger partial charge in [-0.1, -0.05) is 280 Å². The van der Waals surface area contributed by atoms with Crippen LogP contribution in [-0.4, -0.2) is 37.2 Å². The molecule has 6 nitrogen and oxygen atoms in total. The molecule has 0 aliphatic rings. The van der Waals surface area contributed by atoms with E-state index in [1.165, 1.54) is 173 Å². The molecule has 0 radical (unpaired) electrons. The van der Waals surface area contributed by atoms with Gasteiger partial charge in [0, 0.05) is 19.3 Å². The van der Waals surface area contributed by atoms with E-state index in [0.29, 0.717) is 12.8 Å². The highest BCUT2D eigenvalue weighted by atomic mass is 16.6. The van der Waals surface area contributed by atoms with Gasteiger partial charge in [0.2, 0.25) is 0 Å². The number of esters is 3. The molecule has 0 heterocycles. The quantitative estimate of drug-likeness (QED) is 0.0261. The highest BCUT2D eigenvalue weighted by Gasteiger charge is 2.19. The fourth-order valence-electron chi connectivity index (χ4n) is 9.00. The Labute approximate surface area is 453 Å². The molecular formula is C67H118O6. The highest BCUT2D eigenvalue weighted by molar-refractivity contribution is 5.71. The maximum Gasteiger partial charge on any atom is 0.306 e. The third-order valence-electron chi connectivity index (χ3n) is 13.7. The average Bonchev–Trinajstić information content (AvgIpc) is 3.39. The number of unbranched alkanes of at least 4 members (excludes halogenated alkanes) is 34. The van der Waals surface area contributed by atoms with Crippen molar-refractivity contribution in [2.24, 2.45) is 0 Å². The van der Waals surface area contributed by atoms with Crippen LogP contribution >= 0.6 is 0 Å². The molecule has 0 aromatic rings. The summed E-state index contributed by atoms with van der Waals surface area (Å²) in [5, 5.41) is 0. The summed E-state index contributed by atoms with van der Waals surface area (Å²) < 4.78 is 16.9. The number of hydrogen-bond donors (Lipinski definition) is 0.